The van der Waals surface area contributed by atoms with Crippen LogP contribution in [-0.4, -0.2) is 25.4 Å². The van der Waals surface area contributed by atoms with Crippen molar-refractivity contribution in [3.8, 4) is 0 Å². The summed E-state index contributed by atoms with van der Waals surface area (Å²) in [5, 5.41) is 0. The first kappa shape index (κ1) is 7.34. The second-order valence-electron chi connectivity index (χ2n) is 4.22. The summed E-state index contributed by atoms with van der Waals surface area (Å²) in [4.78, 5) is 0. The predicted molar refractivity (Wildman–Crippen MR) is 44.6 cm³/mol. The molecule has 1 radical (unpaired) electrons. The zero-order valence-electron chi connectivity index (χ0n) is 7.24. The normalized spacial score (nSPS) is 52.0. The van der Waals surface area contributed by atoms with E-state index in [1.165, 1.54) is 19.3 Å². The summed E-state index contributed by atoms with van der Waals surface area (Å²) in [6, 6.07) is 0. The van der Waals surface area contributed by atoms with Crippen molar-refractivity contribution in [2.75, 3.05) is 13.2 Å². The molecule has 0 aromatic heterocycles. The molecule has 0 aromatic carbocycles. The monoisotopic (exact) mass is 167 g/mol. The molecule has 3 fully saturated rings. The third kappa shape index (κ3) is 1.38. The molecule has 0 amide bonds. The fourth-order valence-electron chi connectivity index (χ4n) is 2.36. The Hall–Kier alpha value is -0.0800. The standard InChI is InChI=1S/C10H15O2/c1-2-7(9-5-11-9)4-8(3-1)10-6-12-10/h2,7-10H,1,3-6H2. The maximum atomic E-state index is 5.34. The van der Waals surface area contributed by atoms with Crippen molar-refractivity contribution in [3.05, 3.63) is 6.42 Å². The van der Waals surface area contributed by atoms with Gasteiger partial charge in [-0.05, 0) is 37.5 Å². The highest BCUT2D eigenvalue weighted by Crippen LogP contribution is 2.40. The Morgan fingerprint density at radius 2 is 1.83 bits per heavy atom. The highest BCUT2D eigenvalue weighted by molar-refractivity contribution is 4.97. The zero-order valence-corrected chi connectivity index (χ0v) is 7.24. The van der Waals surface area contributed by atoms with Crippen LogP contribution < -0.4 is 0 Å². The number of ether oxygens (including phenoxy) is 2. The topological polar surface area (TPSA) is 25.1 Å². The highest BCUT2D eigenvalue weighted by atomic mass is 16.6. The fourth-order valence-corrected chi connectivity index (χ4v) is 2.36. The summed E-state index contributed by atoms with van der Waals surface area (Å²) < 4.78 is 10.7. The predicted octanol–water partition coefficient (Wildman–Crippen LogP) is 1.40. The molecule has 67 valence electrons. The molecule has 3 aliphatic rings. The molecule has 2 aliphatic heterocycles. The van der Waals surface area contributed by atoms with Crippen molar-refractivity contribution in [1.29, 1.82) is 0 Å². The maximum absolute atomic E-state index is 5.34. The van der Waals surface area contributed by atoms with Crippen LogP contribution in [0.3, 0.4) is 0 Å². The van der Waals surface area contributed by atoms with E-state index >= 15 is 0 Å². The van der Waals surface area contributed by atoms with Crippen molar-refractivity contribution < 1.29 is 9.47 Å². The summed E-state index contributed by atoms with van der Waals surface area (Å²) in [6.45, 7) is 2.02. The first-order valence-corrected chi connectivity index (χ1v) is 5.00. The van der Waals surface area contributed by atoms with Gasteiger partial charge in [0, 0.05) is 0 Å². The van der Waals surface area contributed by atoms with Gasteiger partial charge in [0.25, 0.3) is 0 Å². The maximum Gasteiger partial charge on any atom is 0.0840 e. The van der Waals surface area contributed by atoms with Crippen LogP contribution in [0.4, 0.5) is 0 Å². The van der Waals surface area contributed by atoms with E-state index in [1.807, 2.05) is 0 Å². The van der Waals surface area contributed by atoms with Gasteiger partial charge in [-0.15, -0.1) is 0 Å². The molecule has 0 aromatic rings. The van der Waals surface area contributed by atoms with Crippen LogP contribution in [0.5, 0.6) is 0 Å². The molecule has 2 nitrogen and oxygen atoms in total. The van der Waals surface area contributed by atoms with Gasteiger partial charge >= 0.3 is 0 Å². The van der Waals surface area contributed by atoms with E-state index in [9.17, 15) is 0 Å². The van der Waals surface area contributed by atoms with Gasteiger partial charge in [-0.3, -0.25) is 0 Å². The Balaban J connectivity index is 1.58. The Labute approximate surface area is 73.2 Å². The van der Waals surface area contributed by atoms with Crippen molar-refractivity contribution in [2.45, 2.75) is 31.5 Å². The summed E-state index contributed by atoms with van der Waals surface area (Å²) in [5.41, 5.74) is 0. The third-order valence-electron chi connectivity index (χ3n) is 3.30. The lowest BCUT2D eigenvalue weighted by Gasteiger charge is -2.26. The summed E-state index contributed by atoms with van der Waals surface area (Å²) in [5.74, 6) is 1.58. The zero-order chi connectivity index (χ0) is 7.97. The molecule has 2 heterocycles. The summed E-state index contributed by atoms with van der Waals surface area (Å²) in [6.07, 6.45) is 7.57. The summed E-state index contributed by atoms with van der Waals surface area (Å²) >= 11 is 0. The minimum absolute atomic E-state index is 0.576. The van der Waals surface area contributed by atoms with Crippen LogP contribution in [0.1, 0.15) is 19.3 Å². The van der Waals surface area contributed by atoms with Gasteiger partial charge in [0.2, 0.25) is 0 Å². The van der Waals surface area contributed by atoms with Gasteiger partial charge < -0.3 is 9.47 Å². The second-order valence-corrected chi connectivity index (χ2v) is 4.22. The van der Waals surface area contributed by atoms with Crippen LogP contribution in [0.25, 0.3) is 0 Å². The smallest absolute Gasteiger partial charge is 0.0840 e. The molecule has 0 spiro atoms. The largest absolute Gasteiger partial charge is 0.373 e. The lowest BCUT2D eigenvalue weighted by Crippen LogP contribution is -2.23. The number of hydrogen-bond acceptors (Lipinski definition) is 2. The van der Waals surface area contributed by atoms with Crippen molar-refractivity contribution >= 4 is 0 Å². The molecule has 12 heavy (non-hydrogen) atoms. The van der Waals surface area contributed by atoms with E-state index in [-0.39, 0.29) is 0 Å². The molecule has 2 saturated heterocycles. The van der Waals surface area contributed by atoms with Gasteiger partial charge in [-0.2, -0.15) is 0 Å². The number of rotatable bonds is 2. The van der Waals surface area contributed by atoms with Crippen LogP contribution in [0, 0.1) is 18.3 Å². The Morgan fingerprint density at radius 3 is 2.50 bits per heavy atom. The molecule has 0 bridgehead atoms. The lowest BCUT2D eigenvalue weighted by atomic mass is 9.78. The van der Waals surface area contributed by atoms with Crippen molar-refractivity contribution in [2.24, 2.45) is 11.8 Å². The van der Waals surface area contributed by atoms with E-state index in [0.29, 0.717) is 12.2 Å². The molecule has 0 N–H and O–H groups in total. The second kappa shape index (κ2) is 2.71. The molecular formula is C10H15O2. The Kier molecular flexibility index (Phi) is 1.66. The Bertz CT molecular complexity index is 155. The summed E-state index contributed by atoms with van der Waals surface area (Å²) in [7, 11) is 0. The molecule has 4 atom stereocenters. The fraction of sp³-hybridized carbons (Fsp3) is 0.900. The minimum Gasteiger partial charge on any atom is -0.373 e. The van der Waals surface area contributed by atoms with E-state index in [4.69, 9.17) is 9.47 Å². The Morgan fingerprint density at radius 1 is 1.08 bits per heavy atom. The first-order chi connectivity index (χ1) is 5.93. The molecule has 1 aliphatic carbocycles. The quantitative estimate of drug-likeness (QED) is 0.581. The average Bonchev–Trinajstić information content (AvgIpc) is 2.98. The highest BCUT2D eigenvalue weighted by Gasteiger charge is 2.41. The molecule has 3 rings (SSSR count). The van der Waals surface area contributed by atoms with Gasteiger partial charge in [0.1, 0.15) is 0 Å². The molecule has 1 saturated carbocycles. The van der Waals surface area contributed by atoms with Crippen LogP contribution >= 0.6 is 0 Å². The van der Waals surface area contributed by atoms with Crippen molar-refractivity contribution in [1.82, 2.24) is 0 Å². The van der Waals surface area contributed by atoms with E-state index in [0.717, 1.165) is 25.0 Å². The molecular weight excluding hydrogens is 152 g/mol. The average molecular weight is 167 g/mol. The van der Waals surface area contributed by atoms with E-state index in [2.05, 4.69) is 6.42 Å². The van der Waals surface area contributed by atoms with Crippen LogP contribution in [0.2, 0.25) is 0 Å². The van der Waals surface area contributed by atoms with Gasteiger partial charge in [0.15, 0.2) is 0 Å². The molecule has 2 heteroatoms. The lowest BCUT2D eigenvalue weighted by molar-refractivity contribution is 0.222. The van der Waals surface area contributed by atoms with Crippen LogP contribution in [-0.2, 0) is 9.47 Å². The minimum atomic E-state index is 0.576. The van der Waals surface area contributed by atoms with E-state index < -0.39 is 0 Å². The SMILES string of the molecule is [CH]1CCC(C2CO2)CC1C1CO1. The third-order valence-corrected chi connectivity index (χ3v) is 3.30. The van der Waals surface area contributed by atoms with Gasteiger partial charge in [0.05, 0.1) is 25.4 Å². The van der Waals surface area contributed by atoms with E-state index in [1.54, 1.807) is 0 Å². The first-order valence-electron chi connectivity index (χ1n) is 5.00. The van der Waals surface area contributed by atoms with Crippen LogP contribution in [0.15, 0.2) is 0 Å². The number of hydrogen-bond donors (Lipinski definition) is 0. The van der Waals surface area contributed by atoms with Gasteiger partial charge in [-0.1, -0.05) is 0 Å². The van der Waals surface area contributed by atoms with Gasteiger partial charge in [-0.25, -0.2) is 0 Å². The molecule has 4 unspecified atom stereocenters. The number of epoxide rings is 2. The van der Waals surface area contributed by atoms with Crippen molar-refractivity contribution in [3.63, 3.8) is 0 Å².